The maximum atomic E-state index is 11.1. The summed E-state index contributed by atoms with van der Waals surface area (Å²) in [6.45, 7) is 3.31. The Hall–Kier alpha value is 0.187. The Morgan fingerprint density at radius 1 is 1.00 bits per heavy atom. The first-order valence-electron chi connectivity index (χ1n) is 4.06. The van der Waals surface area contributed by atoms with E-state index in [-0.39, 0.29) is 12.8 Å². The molecule has 0 radical (unpaired) electrons. The minimum atomic E-state index is -1.37. The van der Waals surface area contributed by atoms with Crippen LogP contribution < -0.4 is 0 Å². The van der Waals surface area contributed by atoms with Crippen LogP contribution in [-0.2, 0) is 46.2 Å². The Kier molecular flexibility index (Phi) is 4.87. The van der Waals surface area contributed by atoms with Crippen molar-refractivity contribution in [1.82, 2.24) is 0 Å². The summed E-state index contributed by atoms with van der Waals surface area (Å²) in [6, 6.07) is 0. The molecule has 0 saturated heterocycles. The molecular weight excluding hydrogens is 366 g/mol. The molecule has 0 bridgehead atoms. The van der Waals surface area contributed by atoms with Crippen LogP contribution in [0, 0.1) is 0 Å². The van der Waals surface area contributed by atoms with Crippen molar-refractivity contribution in [3.8, 4) is 0 Å². The molecule has 0 aliphatic carbocycles. The topological polar surface area (TPSA) is 74.6 Å². The van der Waals surface area contributed by atoms with Crippen molar-refractivity contribution in [3.05, 3.63) is 0 Å². The summed E-state index contributed by atoms with van der Waals surface area (Å²) in [5.74, 6) is -2.25. The molecule has 86 valence electrons. The van der Waals surface area contributed by atoms with Gasteiger partial charge < -0.3 is 0 Å². The van der Waals surface area contributed by atoms with Crippen molar-refractivity contribution >= 4 is 11.9 Å². The fraction of sp³-hybridized carbons (Fsp3) is 0.750. The molecule has 2 unspecified atom stereocenters. The average molecular weight is 378 g/mol. The van der Waals surface area contributed by atoms with Gasteiger partial charge in [0.2, 0.25) is 0 Å². The van der Waals surface area contributed by atoms with Crippen LogP contribution in [0.3, 0.4) is 0 Å². The predicted octanol–water partition coefficient (Wildman–Crippen LogP) is 1.39. The standard InChI is InChI=1S/C8H12O4.2Rh/c1-3-5(7(9)10)6(4-2)8(11)12;;/h3-4H2,1-2H3,(H,9,10)(H,11,12);;. The third kappa shape index (κ3) is 2.06. The van der Waals surface area contributed by atoms with Crippen LogP contribution in [0.15, 0.2) is 0 Å². The van der Waals surface area contributed by atoms with E-state index in [0.717, 1.165) is 0 Å². The van der Waals surface area contributed by atoms with E-state index in [1.807, 2.05) is 0 Å². The van der Waals surface area contributed by atoms with Crippen molar-refractivity contribution in [1.29, 1.82) is 0 Å². The van der Waals surface area contributed by atoms with Crippen LogP contribution in [0.4, 0.5) is 0 Å². The first-order chi connectivity index (χ1) is 6.26. The zero-order valence-electron chi connectivity index (χ0n) is 7.79. The quantitative estimate of drug-likeness (QED) is 0.710. The number of aliphatic carboxylic acids is 2. The molecule has 0 aliphatic heterocycles. The summed E-state index contributed by atoms with van der Waals surface area (Å²) >= 11 is 4.76. The third-order valence-electron chi connectivity index (χ3n) is 2.19. The number of rotatable bonds is 5. The molecule has 0 aliphatic rings. The molecular formula is C8H12O4Rh2. The Morgan fingerprint density at radius 2 is 1.21 bits per heavy atom. The third-order valence-corrected chi connectivity index (χ3v) is 5.99. The van der Waals surface area contributed by atoms with Crippen molar-refractivity contribution < 1.29 is 56.4 Å². The molecule has 14 heavy (non-hydrogen) atoms. The van der Waals surface area contributed by atoms with Gasteiger partial charge in [0.25, 0.3) is 0 Å². The fourth-order valence-electron chi connectivity index (χ4n) is 1.18. The van der Waals surface area contributed by atoms with E-state index < -0.39 is 20.0 Å². The second-order valence-corrected chi connectivity index (χ2v) is 5.64. The van der Waals surface area contributed by atoms with Crippen LogP contribution >= 0.6 is 0 Å². The van der Waals surface area contributed by atoms with Crippen LogP contribution in [-0.4, -0.2) is 22.2 Å². The zero-order chi connectivity index (χ0) is 11.6. The van der Waals surface area contributed by atoms with E-state index in [4.69, 9.17) is 10.2 Å². The first-order valence-corrected chi connectivity index (χ1v) is 5.70. The average Bonchev–Trinajstić information content (AvgIpc) is 2.14. The van der Waals surface area contributed by atoms with Crippen LogP contribution in [0.2, 0.25) is 8.02 Å². The molecule has 4 nitrogen and oxygen atoms in total. The SMILES string of the molecule is CC[C]([Rh])(C(=O)O)[C]([Rh])(CC)C(=O)O. The van der Waals surface area contributed by atoms with Gasteiger partial charge in [-0.2, -0.15) is 0 Å². The molecule has 0 rings (SSSR count). The van der Waals surface area contributed by atoms with Gasteiger partial charge in [-0.05, 0) is 0 Å². The minimum absolute atomic E-state index is 0.228. The fourth-order valence-corrected chi connectivity index (χ4v) is 2.11. The van der Waals surface area contributed by atoms with Crippen LogP contribution in [0.25, 0.3) is 0 Å². The summed E-state index contributed by atoms with van der Waals surface area (Å²) < 4.78 is -2.75. The monoisotopic (exact) mass is 378 g/mol. The van der Waals surface area contributed by atoms with Gasteiger partial charge in [-0.3, -0.25) is 0 Å². The normalized spacial score (nSPS) is 19.6. The second kappa shape index (κ2) is 4.81. The van der Waals surface area contributed by atoms with Gasteiger partial charge in [0.05, 0.1) is 0 Å². The van der Waals surface area contributed by atoms with E-state index in [1.54, 1.807) is 13.8 Å². The van der Waals surface area contributed by atoms with Crippen molar-refractivity contribution in [2.45, 2.75) is 34.7 Å². The number of carboxylic acids is 2. The van der Waals surface area contributed by atoms with Crippen molar-refractivity contribution in [2.24, 2.45) is 0 Å². The molecule has 6 heteroatoms. The second-order valence-electron chi connectivity index (χ2n) is 2.84. The van der Waals surface area contributed by atoms with E-state index in [9.17, 15) is 9.59 Å². The summed E-state index contributed by atoms with van der Waals surface area (Å²) in [6.07, 6.45) is 0.456. The van der Waals surface area contributed by atoms with Gasteiger partial charge in [-0.15, -0.1) is 0 Å². The van der Waals surface area contributed by atoms with Gasteiger partial charge >= 0.3 is 103 Å². The molecule has 2 atom stereocenters. The predicted molar refractivity (Wildman–Crippen MR) is 41.2 cm³/mol. The van der Waals surface area contributed by atoms with E-state index in [2.05, 4.69) is 36.6 Å². The Balaban J connectivity index is 5.37. The van der Waals surface area contributed by atoms with Crippen LogP contribution in [0.5, 0.6) is 0 Å². The van der Waals surface area contributed by atoms with Crippen LogP contribution in [0.1, 0.15) is 26.7 Å². The summed E-state index contributed by atoms with van der Waals surface area (Å²) in [5.41, 5.74) is 0. The Labute approximate surface area is 103 Å². The van der Waals surface area contributed by atoms with Gasteiger partial charge in [0.15, 0.2) is 0 Å². The van der Waals surface area contributed by atoms with Gasteiger partial charge in [-0.25, -0.2) is 0 Å². The number of carbonyl (C=O) groups is 2. The molecule has 0 saturated carbocycles. The maximum absolute atomic E-state index is 11.1. The molecule has 0 spiro atoms. The van der Waals surface area contributed by atoms with E-state index in [1.165, 1.54) is 0 Å². The van der Waals surface area contributed by atoms with Gasteiger partial charge in [-0.1, -0.05) is 0 Å². The van der Waals surface area contributed by atoms with Crippen molar-refractivity contribution in [3.63, 3.8) is 0 Å². The molecule has 0 aromatic carbocycles. The Morgan fingerprint density at radius 3 is 1.29 bits per heavy atom. The molecule has 0 amide bonds. The molecule has 0 heterocycles. The molecule has 0 fully saturated rings. The van der Waals surface area contributed by atoms with E-state index in [0.29, 0.717) is 0 Å². The number of hydrogen-bond acceptors (Lipinski definition) is 2. The van der Waals surface area contributed by atoms with Crippen molar-refractivity contribution in [2.75, 3.05) is 0 Å². The van der Waals surface area contributed by atoms with E-state index >= 15 is 0 Å². The number of hydrogen-bond donors (Lipinski definition) is 2. The summed E-state index contributed by atoms with van der Waals surface area (Å²) in [4.78, 5) is 22.1. The van der Waals surface area contributed by atoms with Gasteiger partial charge in [0.1, 0.15) is 0 Å². The van der Waals surface area contributed by atoms with Gasteiger partial charge in [0, 0.05) is 0 Å². The summed E-state index contributed by atoms with van der Waals surface area (Å²) in [5, 5.41) is 18.1. The zero-order valence-corrected chi connectivity index (χ0v) is 11.1. The molecule has 0 aromatic heterocycles. The molecule has 2 N–H and O–H groups in total. The Bertz CT molecular complexity index is 230. The first kappa shape index (κ1) is 14.2. The molecule has 0 aromatic rings. The number of carboxylic acid groups (broad SMARTS) is 2. The summed E-state index contributed by atoms with van der Waals surface area (Å²) in [7, 11) is 0.